The molecule has 6 heteroatoms. The van der Waals surface area contributed by atoms with Gasteiger partial charge in [-0.2, -0.15) is 0 Å². The maximum Gasteiger partial charge on any atom is 0.159 e. The van der Waals surface area contributed by atoms with Gasteiger partial charge in [-0.3, -0.25) is 0 Å². The molecule has 0 radical (unpaired) electrons. The number of hydrogen-bond donors (Lipinski definition) is 1. The van der Waals surface area contributed by atoms with E-state index in [2.05, 4.69) is 15.3 Å². The highest BCUT2D eigenvalue weighted by Crippen LogP contribution is 2.28. The molecule has 0 saturated carbocycles. The molecule has 102 valence electrons. The molecular weight excluding hydrogens is 280 g/mol. The van der Waals surface area contributed by atoms with Gasteiger partial charge in [-0.15, -0.1) is 11.3 Å². The highest BCUT2D eigenvalue weighted by atomic mass is 32.1. The lowest BCUT2D eigenvalue weighted by Crippen LogP contribution is -2.03. The molecule has 2 aromatic heterocycles. The molecule has 1 aromatic carbocycles. The van der Waals surface area contributed by atoms with Gasteiger partial charge in [0.1, 0.15) is 17.0 Å². The Balaban J connectivity index is 1.86. The molecule has 0 aliphatic carbocycles. The summed E-state index contributed by atoms with van der Waals surface area (Å²) in [5, 5.41) is 6.13. The maximum atomic E-state index is 13.1. The molecule has 0 amide bonds. The monoisotopic (exact) mass is 291 g/mol. The fourth-order valence-electron chi connectivity index (χ4n) is 1.99. The molecule has 0 unspecified atom stereocenters. The van der Waals surface area contributed by atoms with E-state index >= 15 is 0 Å². The lowest BCUT2D eigenvalue weighted by molar-refractivity contribution is 0.507. The number of nitrogens with one attached hydrogen (secondary N) is 1. The maximum absolute atomic E-state index is 13.1. The van der Waals surface area contributed by atoms with Crippen LogP contribution in [0.4, 0.5) is 14.6 Å². The molecule has 3 nitrogen and oxygen atoms in total. The van der Waals surface area contributed by atoms with Crippen LogP contribution in [-0.2, 0) is 6.54 Å². The summed E-state index contributed by atoms with van der Waals surface area (Å²) in [5.41, 5.74) is 1.75. The van der Waals surface area contributed by atoms with Crippen LogP contribution in [0.2, 0.25) is 0 Å². The lowest BCUT2D eigenvalue weighted by atomic mass is 10.2. The van der Waals surface area contributed by atoms with E-state index < -0.39 is 11.6 Å². The van der Waals surface area contributed by atoms with Gasteiger partial charge in [-0.25, -0.2) is 18.7 Å². The summed E-state index contributed by atoms with van der Waals surface area (Å²) in [4.78, 5) is 9.32. The van der Waals surface area contributed by atoms with E-state index in [0.29, 0.717) is 17.9 Å². The highest BCUT2D eigenvalue weighted by Gasteiger charge is 2.09. The molecule has 2 heterocycles. The first-order valence-corrected chi connectivity index (χ1v) is 6.89. The molecule has 3 aromatic rings. The predicted molar refractivity (Wildman–Crippen MR) is 75.8 cm³/mol. The summed E-state index contributed by atoms with van der Waals surface area (Å²) in [6, 6.07) is 3.85. The minimum atomic E-state index is -0.844. The van der Waals surface area contributed by atoms with Gasteiger partial charge >= 0.3 is 0 Å². The molecule has 0 bridgehead atoms. The third-order valence-corrected chi connectivity index (χ3v) is 4.00. The zero-order valence-electron chi connectivity index (χ0n) is 10.7. The van der Waals surface area contributed by atoms with Gasteiger partial charge < -0.3 is 5.32 Å². The Morgan fingerprint density at radius 2 is 2.05 bits per heavy atom. The molecule has 0 aliphatic rings. The molecule has 0 saturated heterocycles. The number of anilines is 1. The van der Waals surface area contributed by atoms with Gasteiger partial charge in [0.25, 0.3) is 0 Å². The van der Waals surface area contributed by atoms with E-state index in [9.17, 15) is 8.78 Å². The van der Waals surface area contributed by atoms with Crippen LogP contribution >= 0.6 is 11.3 Å². The number of nitrogens with zero attached hydrogens (tertiary/aromatic N) is 2. The van der Waals surface area contributed by atoms with Crippen molar-refractivity contribution in [1.29, 1.82) is 0 Å². The molecule has 0 spiro atoms. The number of halogens is 2. The number of aromatic nitrogens is 2. The number of aryl methyl sites for hydroxylation is 1. The molecule has 20 heavy (non-hydrogen) atoms. The average Bonchev–Trinajstić information content (AvgIpc) is 2.83. The van der Waals surface area contributed by atoms with Crippen LogP contribution in [0.3, 0.4) is 0 Å². The molecule has 0 aliphatic heterocycles. The standard InChI is InChI=1S/C14H11F2N3S/c1-8-6-20-14-12(8)13(18-7-19-14)17-5-9-2-3-10(15)11(16)4-9/h2-4,6-7H,5H2,1H3,(H,17,18,19). The minimum Gasteiger partial charge on any atom is -0.365 e. The molecular formula is C14H11F2N3S. The topological polar surface area (TPSA) is 37.8 Å². The fraction of sp³-hybridized carbons (Fsp3) is 0.143. The van der Waals surface area contributed by atoms with Crippen LogP contribution in [0.25, 0.3) is 10.2 Å². The van der Waals surface area contributed by atoms with E-state index in [1.807, 2.05) is 12.3 Å². The van der Waals surface area contributed by atoms with Gasteiger partial charge in [0, 0.05) is 6.54 Å². The largest absolute Gasteiger partial charge is 0.365 e. The van der Waals surface area contributed by atoms with Gasteiger partial charge in [0.15, 0.2) is 11.6 Å². The molecule has 0 fully saturated rings. The summed E-state index contributed by atoms with van der Waals surface area (Å²) in [7, 11) is 0. The van der Waals surface area contributed by atoms with Crippen LogP contribution in [-0.4, -0.2) is 9.97 Å². The van der Waals surface area contributed by atoms with Crippen molar-refractivity contribution in [3.63, 3.8) is 0 Å². The Morgan fingerprint density at radius 3 is 2.85 bits per heavy atom. The number of hydrogen-bond acceptors (Lipinski definition) is 4. The Bertz CT molecular complexity index is 770. The van der Waals surface area contributed by atoms with Crippen molar-refractivity contribution in [2.24, 2.45) is 0 Å². The van der Waals surface area contributed by atoms with Gasteiger partial charge in [-0.05, 0) is 35.6 Å². The van der Waals surface area contributed by atoms with E-state index in [1.54, 1.807) is 17.4 Å². The summed E-state index contributed by atoms with van der Waals surface area (Å²) in [6.45, 7) is 2.36. The van der Waals surface area contributed by atoms with E-state index in [4.69, 9.17) is 0 Å². The Morgan fingerprint density at radius 1 is 1.20 bits per heavy atom. The van der Waals surface area contributed by atoms with Crippen molar-refractivity contribution >= 4 is 27.4 Å². The van der Waals surface area contributed by atoms with Crippen molar-refractivity contribution in [3.05, 3.63) is 52.7 Å². The number of rotatable bonds is 3. The second-order valence-corrected chi connectivity index (χ2v) is 5.28. The van der Waals surface area contributed by atoms with Crippen molar-refractivity contribution in [1.82, 2.24) is 9.97 Å². The number of benzene rings is 1. The third-order valence-electron chi connectivity index (χ3n) is 3.00. The van der Waals surface area contributed by atoms with Gasteiger partial charge in [0.2, 0.25) is 0 Å². The first kappa shape index (κ1) is 12.9. The number of thiophene rings is 1. The summed E-state index contributed by atoms with van der Waals surface area (Å²) in [5.74, 6) is -0.978. The zero-order chi connectivity index (χ0) is 14.1. The highest BCUT2D eigenvalue weighted by molar-refractivity contribution is 7.17. The first-order valence-electron chi connectivity index (χ1n) is 6.02. The zero-order valence-corrected chi connectivity index (χ0v) is 11.5. The smallest absolute Gasteiger partial charge is 0.159 e. The second kappa shape index (κ2) is 5.13. The summed E-state index contributed by atoms with van der Waals surface area (Å²) < 4.78 is 26.0. The minimum absolute atomic E-state index is 0.374. The SMILES string of the molecule is Cc1csc2ncnc(NCc3ccc(F)c(F)c3)c12. The normalized spacial score (nSPS) is 10.9. The van der Waals surface area contributed by atoms with Crippen molar-refractivity contribution in [2.45, 2.75) is 13.5 Å². The second-order valence-electron chi connectivity index (χ2n) is 4.42. The molecule has 0 atom stereocenters. The number of fused-ring (bicyclic) bond motifs is 1. The summed E-state index contributed by atoms with van der Waals surface area (Å²) in [6.07, 6.45) is 1.49. The lowest BCUT2D eigenvalue weighted by Gasteiger charge is -2.07. The van der Waals surface area contributed by atoms with Crippen LogP contribution in [0, 0.1) is 18.6 Å². The van der Waals surface area contributed by atoms with Crippen LogP contribution in [0.1, 0.15) is 11.1 Å². The van der Waals surface area contributed by atoms with Crippen LogP contribution < -0.4 is 5.32 Å². The van der Waals surface area contributed by atoms with Crippen LogP contribution in [0.5, 0.6) is 0 Å². The van der Waals surface area contributed by atoms with Gasteiger partial charge in [-0.1, -0.05) is 6.07 Å². The summed E-state index contributed by atoms with van der Waals surface area (Å²) >= 11 is 1.55. The quantitative estimate of drug-likeness (QED) is 0.795. The average molecular weight is 291 g/mol. The van der Waals surface area contributed by atoms with Gasteiger partial charge in [0.05, 0.1) is 5.39 Å². The first-order chi connectivity index (χ1) is 9.65. The van der Waals surface area contributed by atoms with E-state index in [1.165, 1.54) is 12.4 Å². The molecule has 3 rings (SSSR count). The van der Waals surface area contributed by atoms with E-state index in [0.717, 1.165) is 21.8 Å². The van der Waals surface area contributed by atoms with Crippen molar-refractivity contribution in [3.8, 4) is 0 Å². The fourth-order valence-corrected chi connectivity index (χ4v) is 2.88. The van der Waals surface area contributed by atoms with E-state index in [-0.39, 0.29) is 0 Å². The van der Waals surface area contributed by atoms with Crippen molar-refractivity contribution < 1.29 is 8.78 Å². The Kier molecular flexibility index (Phi) is 3.31. The van der Waals surface area contributed by atoms with Crippen molar-refractivity contribution in [2.75, 3.05) is 5.32 Å². The predicted octanol–water partition coefficient (Wildman–Crippen LogP) is 3.89. The third kappa shape index (κ3) is 2.34. The van der Waals surface area contributed by atoms with Crippen LogP contribution in [0.15, 0.2) is 29.9 Å². The molecule has 1 N–H and O–H groups in total. The Labute approximate surface area is 118 Å². The Hall–Kier alpha value is -2.08.